The van der Waals surface area contributed by atoms with Crippen molar-refractivity contribution in [2.75, 3.05) is 33.5 Å². The van der Waals surface area contributed by atoms with Crippen molar-refractivity contribution in [1.29, 1.82) is 0 Å². The fourth-order valence-electron chi connectivity index (χ4n) is 7.88. The molecular weight excluding hydrogens is 592 g/mol. The third-order valence-electron chi connectivity index (χ3n) is 10.5. The molecule has 7 atom stereocenters. The Morgan fingerprint density at radius 1 is 0.915 bits per heavy atom. The number of carbonyl (C=O) groups is 1. The Morgan fingerprint density at radius 3 is 2.45 bits per heavy atom. The van der Waals surface area contributed by atoms with E-state index >= 15 is 0 Å². The lowest BCUT2D eigenvalue weighted by Gasteiger charge is -2.29. The highest BCUT2D eigenvalue weighted by molar-refractivity contribution is 5.76. The van der Waals surface area contributed by atoms with Crippen molar-refractivity contribution >= 4 is 5.97 Å². The summed E-state index contributed by atoms with van der Waals surface area (Å²) < 4.78 is 35.4. The third-order valence-corrected chi connectivity index (χ3v) is 10.5. The number of esters is 1. The van der Waals surface area contributed by atoms with E-state index in [0.717, 1.165) is 90.4 Å². The maximum absolute atomic E-state index is 13.0. The largest absolute Gasteiger partial charge is 0.469 e. The average Bonchev–Trinajstić information content (AvgIpc) is 3.66. The maximum Gasteiger partial charge on any atom is 0.312 e. The van der Waals surface area contributed by atoms with E-state index in [1.54, 1.807) is 0 Å². The van der Waals surface area contributed by atoms with E-state index in [1.807, 2.05) is 18.2 Å². The molecule has 1 aromatic rings. The lowest BCUT2D eigenvalue weighted by Crippen LogP contribution is -2.31. The first-order valence-electron chi connectivity index (χ1n) is 18.8. The summed E-state index contributed by atoms with van der Waals surface area (Å²) >= 11 is 0. The zero-order chi connectivity index (χ0) is 32.5. The molecule has 0 bridgehead atoms. The lowest BCUT2D eigenvalue weighted by molar-refractivity contribution is -0.192. The average molecular weight is 653 g/mol. The molecule has 1 saturated carbocycles. The van der Waals surface area contributed by atoms with Gasteiger partial charge in [0, 0.05) is 32.3 Å². The molecule has 2 heterocycles. The molecule has 0 amide bonds. The number of fused-ring (bicyclic) bond motifs is 1. The van der Waals surface area contributed by atoms with Crippen LogP contribution in [0.2, 0.25) is 0 Å². The summed E-state index contributed by atoms with van der Waals surface area (Å²) in [6, 6.07) is 10.3. The summed E-state index contributed by atoms with van der Waals surface area (Å²) in [5.74, 6) is 0.971. The van der Waals surface area contributed by atoms with Crippen LogP contribution in [0.1, 0.15) is 108 Å². The van der Waals surface area contributed by atoms with E-state index in [-0.39, 0.29) is 30.6 Å². The number of methoxy groups -OCH3 is 1. The summed E-state index contributed by atoms with van der Waals surface area (Å²) in [7, 11) is 1.52. The Morgan fingerprint density at radius 2 is 1.68 bits per heavy atom. The van der Waals surface area contributed by atoms with Gasteiger partial charge >= 0.3 is 5.97 Å². The van der Waals surface area contributed by atoms with Crippen LogP contribution in [0.4, 0.5) is 0 Å². The predicted octanol–water partition coefficient (Wildman–Crippen LogP) is 8.71. The molecule has 2 aliphatic carbocycles. The Balaban J connectivity index is 1.08. The van der Waals surface area contributed by atoms with E-state index in [1.165, 1.54) is 50.4 Å². The van der Waals surface area contributed by atoms with Gasteiger partial charge in [-0.2, -0.15) is 0 Å². The second-order valence-corrected chi connectivity index (χ2v) is 14.0. The van der Waals surface area contributed by atoms with Crippen LogP contribution in [0.5, 0.6) is 0 Å². The minimum Gasteiger partial charge on any atom is -0.469 e. The van der Waals surface area contributed by atoms with Crippen LogP contribution < -0.4 is 0 Å². The summed E-state index contributed by atoms with van der Waals surface area (Å²) in [6.07, 6.45) is 24.5. The van der Waals surface area contributed by atoms with E-state index in [9.17, 15) is 4.79 Å². The molecule has 5 unspecified atom stereocenters. The van der Waals surface area contributed by atoms with Gasteiger partial charge in [-0.1, -0.05) is 67.0 Å². The number of ether oxygens (including phenoxy) is 6. The second kappa shape index (κ2) is 20.5. The van der Waals surface area contributed by atoms with E-state index in [4.69, 9.17) is 28.4 Å². The molecule has 7 nitrogen and oxygen atoms in total. The summed E-state index contributed by atoms with van der Waals surface area (Å²) in [5.41, 5.74) is 2.46. The monoisotopic (exact) mass is 652 g/mol. The highest BCUT2D eigenvalue weighted by atomic mass is 16.7. The number of rotatable bonds is 20. The van der Waals surface area contributed by atoms with Crippen LogP contribution in [0.15, 0.2) is 54.1 Å². The van der Waals surface area contributed by atoms with Gasteiger partial charge in [0.1, 0.15) is 0 Å². The number of unbranched alkanes of at least 4 members (excludes halogenated alkanes) is 5. The first kappa shape index (κ1) is 36.3. The molecular formula is C40H60O7. The lowest BCUT2D eigenvalue weighted by atomic mass is 9.85. The quantitative estimate of drug-likeness (QED) is 0.0793. The van der Waals surface area contributed by atoms with Gasteiger partial charge in [-0.15, -0.1) is 0 Å². The molecule has 0 radical (unpaired) electrons. The van der Waals surface area contributed by atoms with Gasteiger partial charge in [0.05, 0.1) is 25.7 Å². The number of benzene rings is 1. The standard InChI is InChI=1S/C40H60O7/c1-42-40(41)34(19-10-14-23-43-30-31-17-7-6-8-18-31)32-27-33-29-37(47-39-22-12-16-26-46-39)35(36(33)28-32)20-9-4-2-3-5-13-24-44-38-21-11-15-25-45-38/h6-9,17-18,20,27,33-39H,2-5,10-16,19,21-26,28-30H2,1H3/t33?,34?,35-,36?,37-,38?,39?/m0/s1. The molecule has 262 valence electrons. The molecule has 7 heteroatoms. The van der Waals surface area contributed by atoms with Gasteiger partial charge in [0.25, 0.3) is 0 Å². The van der Waals surface area contributed by atoms with E-state index < -0.39 is 0 Å². The predicted molar refractivity (Wildman–Crippen MR) is 183 cm³/mol. The van der Waals surface area contributed by atoms with Gasteiger partial charge in [-0.25, -0.2) is 0 Å². The molecule has 47 heavy (non-hydrogen) atoms. The molecule has 0 spiro atoms. The van der Waals surface area contributed by atoms with Crippen molar-refractivity contribution in [2.45, 2.75) is 128 Å². The normalized spacial score (nSPS) is 28.3. The van der Waals surface area contributed by atoms with Crippen LogP contribution in [0.3, 0.4) is 0 Å². The SMILES string of the molecule is COC(=O)C(CCCCOCc1ccccc1)C1=CC2C[C@H](OC3CCCCO3)[C@@H](C=CCCCCCCOC3CCCCO3)C2C1. The summed E-state index contributed by atoms with van der Waals surface area (Å²) in [5, 5.41) is 0. The Kier molecular flexibility index (Phi) is 15.8. The van der Waals surface area contributed by atoms with Gasteiger partial charge in [0.2, 0.25) is 0 Å². The van der Waals surface area contributed by atoms with Crippen molar-refractivity contribution in [2.24, 2.45) is 23.7 Å². The number of hydrogen-bond acceptors (Lipinski definition) is 7. The maximum atomic E-state index is 13.0. The highest BCUT2D eigenvalue weighted by Crippen LogP contribution is 2.51. The molecule has 0 N–H and O–H groups in total. The van der Waals surface area contributed by atoms with Crippen LogP contribution in [-0.2, 0) is 39.8 Å². The molecule has 1 aromatic carbocycles. The van der Waals surface area contributed by atoms with Gasteiger partial charge in [0.15, 0.2) is 12.6 Å². The Bertz CT molecular complexity index is 1080. The third kappa shape index (κ3) is 11.8. The zero-order valence-corrected chi connectivity index (χ0v) is 28.9. The molecule has 2 aliphatic heterocycles. The molecule has 0 aromatic heterocycles. The van der Waals surface area contributed by atoms with Crippen LogP contribution in [0.25, 0.3) is 0 Å². The van der Waals surface area contributed by atoms with Crippen molar-refractivity contribution in [3.8, 4) is 0 Å². The van der Waals surface area contributed by atoms with Crippen molar-refractivity contribution in [1.82, 2.24) is 0 Å². The first-order valence-corrected chi connectivity index (χ1v) is 18.8. The zero-order valence-electron chi connectivity index (χ0n) is 28.9. The fraction of sp³-hybridized carbons (Fsp3) is 0.725. The Labute approximate surface area is 283 Å². The number of hydrogen-bond donors (Lipinski definition) is 0. The summed E-state index contributed by atoms with van der Waals surface area (Å²) in [6.45, 7) is 3.77. The van der Waals surface area contributed by atoms with Gasteiger partial charge in [-0.3, -0.25) is 4.79 Å². The van der Waals surface area contributed by atoms with Crippen LogP contribution in [0, 0.1) is 23.7 Å². The van der Waals surface area contributed by atoms with E-state index in [0.29, 0.717) is 31.0 Å². The van der Waals surface area contributed by atoms with Crippen molar-refractivity contribution in [3.05, 3.63) is 59.7 Å². The summed E-state index contributed by atoms with van der Waals surface area (Å²) in [4.78, 5) is 13.0. The van der Waals surface area contributed by atoms with Crippen molar-refractivity contribution in [3.63, 3.8) is 0 Å². The molecule has 4 aliphatic rings. The first-order chi connectivity index (χ1) is 23.2. The Hall–Kier alpha value is -2.03. The number of carbonyl (C=O) groups excluding carboxylic acids is 1. The topological polar surface area (TPSA) is 72.5 Å². The van der Waals surface area contributed by atoms with Gasteiger partial charge in [-0.05, 0) is 107 Å². The second-order valence-electron chi connectivity index (χ2n) is 14.0. The van der Waals surface area contributed by atoms with Crippen molar-refractivity contribution < 1.29 is 33.2 Å². The molecule has 3 fully saturated rings. The molecule has 2 saturated heterocycles. The smallest absolute Gasteiger partial charge is 0.312 e. The minimum absolute atomic E-state index is 0.0225. The fourth-order valence-corrected chi connectivity index (χ4v) is 7.88. The van der Waals surface area contributed by atoms with Crippen LogP contribution in [-0.4, -0.2) is 58.2 Å². The highest BCUT2D eigenvalue weighted by Gasteiger charge is 2.47. The minimum atomic E-state index is -0.168. The number of allylic oxidation sites excluding steroid dienone is 2. The van der Waals surface area contributed by atoms with E-state index in [2.05, 4.69) is 30.4 Å². The van der Waals surface area contributed by atoms with Crippen LogP contribution >= 0.6 is 0 Å². The van der Waals surface area contributed by atoms with Gasteiger partial charge < -0.3 is 28.4 Å². The molecule has 5 rings (SSSR count).